The fraction of sp³-hybridized carbons (Fsp3) is 0.0870. The van der Waals surface area contributed by atoms with E-state index in [0.29, 0.717) is 18.1 Å². The first-order valence-corrected chi connectivity index (χ1v) is 9.44. The second-order valence-electron chi connectivity index (χ2n) is 6.82. The second-order valence-corrected chi connectivity index (χ2v) is 6.82. The maximum atomic E-state index is 12.4. The van der Waals surface area contributed by atoms with E-state index in [0.717, 1.165) is 22.3 Å². The summed E-state index contributed by atoms with van der Waals surface area (Å²) < 4.78 is 5.48. The number of amides is 1. The van der Waals surface area contributed by atoms with Crippen LogP contribution in [-0.2, 0) is 6.54 Å². The number of nitrogens with one attached hydrogen (secondary N) is 1. The quantitative estimate of drug-likeness (QED) is 0.520. The molecule has 2 heterocycles. The summed E-state index contributed by atoms with van der Waals surface area (Å²) in [6.45, 7) is 0.452. The van der Waals surface area contributed by atoms with Gasteiger partial charge in [0.15, 0.2) is 0 Å². The van der Waals surface area contributed by atoms with Gasteiger partial charge in [-0.05, 0) is 11.1 Å². The van der Waals surface area contributed by atoms with Crippen molar-refractivity contribution < 1.29 is 9.53 Å². The molecular weight excluding hydrogens is 378 g/mol. The Kier molecular flexibility index (Phi) is 5.43. The molecule has 0 aliphatic carbocycles. The van der Waals surface area contributed by atoms with Crippen molar-refractivity contribution in [3.05, 3.63) is 84.7 Å². The summed E-state index contributed by atoms with van der Waals surface area (Å²) in [5, 5.41) is 0. The van der Waals surface area contributed by atoms with E-state index in [9.17, 15) is 4.79 Å². The van der Waals surface area contributed by atoms with Crippen LogP contribution in [0.4, 0.5) is 10.7 Å². The lowest BCUT2D eigenvalue weighted by Crippen LogP contribution is -2.29. The van der Waals surface area contributed by atoms with Gasteiger partial charge < -0.3 is 20.4 Å². The van der Waals surface area contributed by atoms with Gasteiger partial charge in [0.25, 0.3) is 0 Å². The van der Waals surface area contributed by atoms with Gasteiger partial charge in [0, 0.05) is 43.2 Å². The Morgan fingerprint density at radius 1 is 1.07 bits per heavy atom. The molecule has 0 saturated carbocycles. The van der Waals surface area contributed by atoms with E-state index in [1.807, 2.05) is 60.7 Å². The van der Waals surface area contributed by atoms with E-state index in [4.69, 9.17) is 10.5 Å². The molecule has 0 unspecified atom stereocenters. The van der Waals surface area contributed by atoms with E-state index in [1.165, 1.54) is 4.90 Å². The van der Waals surface area contributed by atoms with Crippen LogP contribution in [0.5, 0.6) is 5.88 Å². The Balaban J connectivity index is 1.53. The van der Waals surface area contributed by atoms with Crippen molar-refractivity contribution in [2.75, 3.05) is 12.8 Å². The van der Waals surface area contributed by atoms with Crippen LogP contribution in [0.2, 0.25) is 0 Å². The van der Waals surface area contributed by atoms with E-state index >= 15 is 0 Å². The minimum absolute atomic E-state index is 0.173. The average Bonchev–Trinajstić information content (AvgIpc) is 3.23. The minimum Gasteiger partial charge on any atom is -0.393 e. The molecule has 3 N–H and O–H groups in total. The summed E-state index contributed by atoms with van der Waals surface area (Å²) in [6.07, 6.45) is 2.96. The summed E-state index contributed by atoms with van der Waals surface area (Å²) in [5.74, 6) is 0.498. The SMILES string of the molecule is CN(Cc1ccccc1)C(=O)Oc1cc(-c2nc(N)ncc2-c2ccccc2)c[nH]1. The molecule has 0 spiro atoms. The molecule has 4 rings (SSSR count). The van der Waals surface area contributed by atoms with Crippen LogP contribution in [0, 0.1) is 0 Å². The van der Waals surface area contributed by atoms with Crippen molar-refractivity contribution in [1.29, 1.82) is 0 Å². The third kappa shape index (κ3) is 4.30. The zero-order valence-electron chi connectivity index (χ0n) is 16.4. The molecule has 1 amide bonds. The summed E-state index contributed by atoms with van der Waals surface area (Å²) in [6, 6.07) is 21.2. The molecule has 0 fully saturated rings. The predicted octanol–water partition coefficient (Wildman–Crippen LogP) is 4.35. The first-order chi connectivity index (χ1) is 14.6. The number of benzene rings is 2. The number of nitrogen functional groups attached to an aromatic ring is 1. The molecule has 2 aromatic carbocycles. The van der Waals surface area contributed by atoms with Crippen LogP contribution in [0.3, 0.4) is 0 Å². The number of anilines is 1. The lowest BCUT2D eigenvalue weighted by Gasteiger charge is -2.16. The Morgan fingerprint density at radius 2 is 1.77 bits per heavy atom. The predicted molar refractivity (Wildman–Crippen MR) is 116 cm³/mol. The highest BCUT2D eigenvalue weighted by molar-refractivity contribution is 5.81. The number of aromatic amines is 1. The Morgan fingerprint density at radius 3 is 2.50 bits per heavy atom. The van der Waals surface area contributed by atoms with Crippen molar-refractivity contribution in [3.8, 4) is 28.3 Å². The van der Waals surface area contributed by atoms with Crippen LogP contribution in [0.25, 0.3) is 22.4 Å². The molecule has 30 heavy (non-hydrogen) atoms. The first-order valence-electron chi connectivity index (χ1n) is 9.44. The number of carbonyl (C=O) groups excluding carboxylic acids is 1. The molecule has 2 aromatic heterocycles. The molecule has 7 nitrogen and oxygen atoms in total. The highest BCUT2D eigenvalue weighted by Crippen LogP contribution is 2.32. The average molecular weight is 399 g/mol. The summed E-state index contributed by atoms with van der Waals surface area (Å²) in [5.41, 5.74) is 10.0. The smallest absolute Gasteiger partial charge is 0.393 e. The Labute approximate surface area is 174 Å². The number of aromatic nitrogens is 3. The van der Waals surface area contributed by atoms with Gasteiger partial charge in [0.1, 0.15) is 0 Å². The molecule has 0 aliphatic rings. The van der Waals surface area contributed by atoms with Crippen molar-refractivity contribution in [3.63, 3.8) is 0 Å². The maximum Gasteiger partial charge on any atom is 0.416 e. The van der Waals surface area contributed by atoms with Gasteiger partial charge in [0.2, 0.25) is 11.8 Å². The largest absolute Gasteiger partial charge is 0.416 e. The molecular formula is C23H21N5O2. The van der Waals surface area contributed by atoms with Crippen LogP contribution in [0.15, 0.2) is 79.1 Å². The molecule has 150 valence electrons. The zero-order chi connectivity index (χ0) is 20.9. The van der Waals surface area contributed by atoms with Crippen molar-refractivity contribution in [2.24, 2.45) is 0 Å². The first kappa shape index (κ1) is 19.2. The standard InChI is InChI=1S/C23H21N5O2/c1-28(15-16-8-4-2-5-9-16)23(29)30-20-12-18(13-25-20)21-19(14-26-22(24)27-21)17-10-6-3-7-11-17/h2-14,25H,15H2,1H3,(H2,24,26,27). The van der Waals surface area contributed by atoms with Gasteiger partial charge in [-0.25, -0.2) is 14.8 Å². The van der Waals surface area contributed by atoms with Gasteiger partial charge in [-0.15, -0.1) is 0 Å². The minimum atomic E-state index is -0.460. The number of hydrogen-bond donors (Lipinski definition) is 2. The number of ether oxygens (including phenoxy) is 1. The normalized spacial score (nSPS) is 10.6. The van der Waals surface area contributed by atoms with Gasteiger partial charge in [-0.2, -0.15) is 0 Å². The third-order valence-electron chi connectivity index (χ3n) is 4.59. The molecule has 7 heteroatoms. The Hall–Kier alpha value is -4.13. The number of H-pyrrole nitrogens is 1. The summed E-state index contributed by atoms with van der Waals surface area (Å²) >= 11 is 0. The van der Waals surface area contributed by atoms with Crippen molar-refractivity contribution >= 4 is 12.0 Å². The van der Waals surface area contributed by atoms with Gasteiger partial charge in [-0.3, -0.25) is 0 Å². The van der Waals surface area contributed by atoms with E-state index < -0.39 is 6.09 Å². The van der Waals surface area contributed by atoms with Gasteiger partial charge >= 0.3 is 6.09 Å². The topological polar surface area (TPSA) is 97.1 Å². The second kappa shape index (κ2) is 8.48. The monoisotopic (exact) mass is 399 g/mol. The highest BCUT2D eigenvalue weighted by Gasteiger charge is 2.16. The molecule has 0 aliphatic heterocycles. The Bertz CT molecular complexity index is 1140. The fourth-order valence-corrected chi connectivity index (χ4v) is 3.11. The number of rotatable bonds is 5. The van der Waals surface area contributed by atoms with Gasteiger partial charge in [0.05, 0.1) is 5.69 Å². The third-order valence-corrected chi connectivity index (χ3v) is 4.59. The lowest BCUT2D eigenvalue weighted by molar-refractivity contribution is 0.159. The molecule has 0 bridgehead atoms. The molecule has 0 radical (unpaired) electrons. The molecule has 0 atom stereocenters. The van der Waals surface area contributed by atoms with Crippen LogP contribution in [-0.4, -0.2) is 33.0 Å². The summed E-state index contributed by atoms with van der Waals surface area (Å²) in [4.78, 5) is 25.5. The zero-order valence-corrected chi connectivity index (χ0v) is 16.4. The number of nitrogens with zero attached hydrogens (tertiary/aromatic N) is 3. The van der Waals surface area contributed by atoms with Crippen LogP contribution >= 0.6 is 0 Å². The van der Waals surface area contributed by atoms with Crippen LogP contribution < -0.4 is 10.5 Å². The van der Waals surface area contributed by atoms with Gasteiger partial charge in [-0.1, -0.05) is 60.7 Å². The van der Waals surface area contributed by atoms with E-state index in [2.05, 4.69) is 15.0 Å². The maximum absolute atomic E-state index is 12.4. The summed E-state index contributed by atoms with van der Waals surface area (Å²) in [7, 11) is 1.69. The number of carbonyl (C=O) groups is 1. The fourth-order valence-electron chi connectivity index (χ4n) is 3.11. The van der Waals surface area contributed by atoms with Crippen LogP contribution in [0.1, 0.15) is 5.56 Å². The van der Waals surface area contributed by atoms with E-state index in [1.54, 1.807) is 25.5 Å². The van der Waals surface area contributed by atoms with Crippen molar-refractivity contribution in [1.82, 2.24) is 19.9 Å². The van der Waals surface area contributed by atoms with E-state index in [-0.39, 0.29) is 5.95 Å². The number of hydrogen-bond acceptors (Lipinski definition) is 5. The number of nitrogens with two attached hydrogens (primary N) is 1. The molecule has 0 saturated heterocycles. The van der Waals surface area contributed by atoms with Crippen molar-refractivity contribution in [2.45, 2.75) is 6.54 Å². The lowest BCUT2D eigenvalue weighted by atomic mass is 10.0. The highest BCUT2D eigenvalue weighted by atomic mass is 16.6. The molecule has 4 aromatic rings.